The van der Waals surface area contributed by atoms with Crippen molar-refractivity contribution in [3.05, 3.63) is 36.4 Å². The number of amides is 1. The lowest BCUT2D eigenvalue weighted by Gasteiger charge is -2.34. The number of anilines is 1. The Morgan fingerprint density at radius 1 is 1.15 bits per heavy atom. The molecule has 5 nitrogen and oxygen atoms in total. The number of benzene rings is 2. The first-order valence-corrected chi connectivity index (χ1v) is 10.7. The van der Waals surface area contributed by atoms with E-state index in [1.54, 1.807) is 18.2 Å². The van der Waals surface area contributed by atoms with Gasteiger partial charge in [-0.05, 0) is 44.2 Å². The van der Waals surface area contributed by atoms with Gasteiger partial charge in [-0.3, -0.25) is 9.10 Å². The third-order valence-electron chi connectivity index (χ3n) is 5.52. The lowest BCUT2D eigenvalue weighted by Crippen LogP contribution is -2.48. The summed E-state index contributed by atoms with van der Waals surface area (Å²) < 4.78 is 27.4. The molecule has 4 rings (SSSR count). The molecule has 0 unspecified atom stereocenters. The Bertz CT molecular complexity index is 957. The Balaban J connectivity index is 1.70. The van der Waals surface area contributed by atoms with Gasteiger partial charge in [-0.1, -0.05) is 37.1 Å². The second kappa shape index (κ2) is 6.27. The largest absolute Gasteiger partial charge is 0.336 e. The van der Waals surface area contributed by atoms with Crippen LogP contribution in [0.5, 0.6) is 0 Å². The van der Waals surface area contributed by atoms with Crippen molar-refractivity contribution in [2.45, 2.75) is 56.5 Å². The molecule has 0 atom stereocenters. The quantitative estimate of drug-likeness (QED) is 0.825. The van der Waals surface area contributed by atoms with E-state index in [4.69, 9.17) is 0 Å². The molecule has 26 heavy (non-hydrogen) atoms. The van der Waals surface area contributed by atoms with Crippen LogP contribution in [0, 0.1) is 0 Å². The first kappa shape index (κ1) is 17.3. The van der Waals surface area contributed by atoms with Crippen LogP contribution in [0.1, 0.15) is 39.5 Å². The van der Waals surface area contributed by atoms with Crippen molar-refractivity contribution in [3.63, 3.8) is 0 Å². The van der Waals surface area contributed by atoms with Crippen LogP contribution < -0.4 is 4.31 Å². The molecule has 0 spiro atoms. The fourth-order valence-electron chi connectivity index (χ4n) is 4.43. The zero-order valence-corrected chi connectivity index (χ0v) is 16.0. The number of nitrogens with zero attached hydrogens (tertiary/aromatic N) is 2. The van der Waals surface area contributed by atoms with E-state index in [0.29, 0.717) is 10.6 Å². The number of carbonyl (C=O) groups is 1. The van der Waals surface area contributed by atoms with Crippen LogP contribution in [0.15, 0.2) is 41.3 Å². The summed E-state index contributed by atoms with van der Waals surface area (Å²) in [5.41, 5.74) is 0.613. The third-order valence-corrected chi connectivity index (χ3v) is 7.32. The molecule has 138 valence electrons. The molecule has 0 radical (unpaired) electrons. The maximum atomic E-state index is 13.1. The van der Waals surface area contributed by atoms with E-state index in [2.05, 4.69) is 0 Å². The summed E-state index contributed by atoms with van der Waals surface area (Å²) in [5.74, 6) is -0.111. The molecule has 1 aliphatic carbocycles. The summed E-state index contributed by atoms with van der Waals surface area (Å²) in [4.78, 5) is 15.3. The van der Waals surface area contributed by atoms with Crippen LogP contribution >= 0.6 is 0 Å². The molecular weight excluding hydrogens is 348 g/mol. The van der Waals surface area contributed by atoms with Gasteiger partial charge in [0.2, 0.25) is 5.91 Å². The lowest BCUT2D eigenvalue weighted by atomic mass is 10.1. The van der Waals surface area contributed by atoms with Crippen molar-refractivity contribution in [1.29, 1.82) is 0 Å². The average Bonchev–Trinajstić information content (AvgIpc) is 3.18. The molecular formula is C20H24N2O3S. The lowest BCUT2D eigenvalue weighted by molar-refractivity contribution is -0.133. The topological polar surface area (TPSA) is 57.7 Å². The fraction of sp³-hybridized carbons (Fsp3) is 0.450. The van der Waals surface area contributed by atoms with Crippen LogP contribution in [0.25, 0.3) is 10.8 Å². The number of hydrogen-bond acceptors (Lipinski definition) is 3. The summed E-state index contributed by atoms with van der Waals surface area (Å²) >= 11 is 0. The standard InChI is InChI=1S/C20H24N2O3S/c1-14(2)22(16-9-3-4-10-16)19(23)13-21-17-11-5-7-15-8-6-12-18(20(15)17)26(21,24)25/h5-8,11-12,14,16H,3-4,9-10,13H2,1-2H3. The molecule has 0 aromatic heterocycles. The van der Waals surface area contributed by atoms with Gasteiger partial charge in [0.05, 0.1) is 10.6 Å². The normalized spacial score (nSPS) is 18.8. The minimum absolute atomic E-state index is 0.0640. The highest BCUT2D eigenvalue weighted by atomic mass is 32.2. The van der Waals surface area contributed by atoms with Crippen LogP contribution in [0.2, 0.25) is 0 Å². The minimum atomic E-state index is -3.69. The SMILES string of the molecule is CC(C)N(C(=O)CN1c2cccc3cccc(c23)S1(=O)=O)C1CCCC1. The first-order valence-electron chi connectivity index (χ1n) is 9.27. The molecule has 2 aromatic rings. The highest BCUT2D eigenvalue weighted by molar-refractivity contribution is 7.93. The highest BCUT2D eigenvalue weighted by Crippen LogP contribution is 2.42. The van der Waals surface area contributed by atoms with Crippen molar-refractivity contribution >= 4 is 32.4 Å². The van der Waals surface area contributed by atoms with E-state index >= 15 is 0 Å². The molecule has 0 saturated heterocycles. The van der Waals surface area contributed by atoms with E-state index in [1.807, 2.05) is 36.9 Å². The van der Waals surface area contributed by atoms with E-state index in [-0.39, 0.29) is 24.5 Å². The summed E-state index contributed by atoms with van der Waals surface area (Å²) in [5, 5.41) is 1.61. The zero-order chi connectivity index (χ0) is 18.5. The number of carbonyl (C=O) groups excluding carboxylic acids is 1. The highest BCUT2D eigenvalue weighted by Gasteiger charge is 2.38. The minimum Gasteiger partial charge on any atom is -0.336 e. The molecule has 1 saturated carbocycles. The predicted octanol–water partition coefficient (Wildman–Crippen LogP) is 3.53. The van der Waals surface area contributed by atoms with Gasteiger partial charge in [-0.25, -0.2) is 8.42 Å². The van der Waals surface area contributed by atoms with Gasteiger partial charge < -0.3 is 4.90 Å². The molecule has 2 aliphatic rings. The van der Waals surface area contributed by atoms with Crippen LogP contribution in [0.4, 0.5) is 5.69 Å². The van der Waals surface area contributed by atoms with Crippen molar-refractivity contribution in [1.82, 2.24) is 4.90 Å². The van der Waals surface area contributed by atoms with Gasteiger partial charge in [-0.15, -0.1) is 0 Å². The zero-order valence-electron chi connectivity index (χ0n) is 15.2. The fourth-order valence-corrected chi connectivity index (χ4v) is 6.09. The van der Waals surface area contributed by atoms with E-state index in [9.17, 15) is 13.2 Å². The van der Waals surface area contributed by atoms with Gasteiger partial charge >= 0.3 is 0 Å². The van der Waals surface area contributed by atoms with E-state index in [1.165, 1.54) is 4.31 Å². The molecule has 0 bridgehead atoms. The van der Waals surface area contributed by atoms with Gasteiger partial charge in [0.25, 0.3) is 10.0 Å². The first-order chi connectivity index (χ1) is 12.4. The van der Waals surface area contributed by atoms with Crippen molar-refractivity contribution in [2.24, 2.45) is 0 Å². The molecule has 1 aliphatic heterocycles. The molecule has 2 aromatic carbocycles. The van der Waals surface area contributed by atoms with E-state index < -0.39 is 10.0 Å². The number of rotatable bonds is 4. The second-order valence-electron chi connectivity index (χ2n) is 7.48. The molecule has 0 N–H and O–H groups in total. The van der Waals surface area contributed by atoms with Crippen molar-refractivity contribution < 1.29 is 13.2 Å². The molecule has 6 heteroatoms. The maximum absolute atomic E-state index is 13.1. The summed E-state index contributed by atoms with van der Waals surface area (Å²) in [6.45, 7) is 3.87. The van der Waals surface area contributed by atoms with Crippen molar-refractivity contribution in [2.75, 3.05) is 10.8 Å². The summed E-state index contributed by atoms with van der Waals surface area (Å²) in [6, 6.07) is 11.1. The predicted molar refractivity (Wildman–Crippen MR) is 103 cm³/mol. The Labute approximate surface area is 154 Å². The van der Waals surface area contributed by atoms with Crippen molar-refractivity contribution in [3.8, 4) is 0 Å². The number of hydrogen-bond donors (Lipinski definition) is 0. The van der Waals surface area contributed by atoms with Gasteiger partial charge in [0.1, 0.15) is 6.54 Å². The Hall–Kier alpha value is -2.08. The molecule has 1 amide bonds. The molecule has 1 fully saturated rings. The Morgan fingerprint density at radius 3 is 2.46 bits per heavy atom. The average molecular weight is 372 g/mol. The van der Waals surface area contributed by atoms with E-state index in [0.717, 1.165) is 36.5 Å². The Kier molecular flexibility index (Phi) is 4.18. The van der Waals surface area contributed by atoms with Crippen LogP contribution in [-0.4, -0.2) is 37.9 Å². The number of sulfonamides is 1. The molecule has 1 heterocycles. The third kappa shape index (κ3) is 2.58. The van der Waals surface area contributed by atoms with Gasteiger partial charge in [-0.2, -0.15) is 0 Å². The van der Waals surface area contributed by atoms with Crippen LogP contribution in [0.3, 0.4) is 0 Å². The second-order valence-corrected chi connectivity index (χ2v) is 9.31. The van der Waals surface area contributed by atoms with Gasteiger partial charge in [0.15, 0.2) is 0 Å². The maximum Gasteiger partial charge on any atom is 0.265 e. The monoisotopic (exact) mass is 372 g/mol. The summed E-state index contributed by atoms with van der Waals surface area (Å²) in [6.07, 6.45) is 4.28. The smallest absolute Gasteiger partial charge is 0.265 e. The Morgan fingerprint density at radius 2 is 1.81 bits per heavy atom. The summed E-state index contributed by atoms with van der Waals surface area (Å²) in [7, 11) is -3.69. The van der Waals surface area contributed by atoms with Gasteiger partial charge in [0, 0.05) is 17.5 Å². The van der Waals surface area contributed by atoms with Crippen LogP contribution in [-0.2, 0) is 14.8 Å².